The minimum Gasteiger partial charge on any atom is -0.493 e. The first-order chi connectivity index (χ1) is 15.7. The summed E-state index contributed by atoms with van der Waals surface area (Å²) in [5, 5.41) is 4.02. The highest BCUT2D eigenvalue weighted by Crippen LogP contribution is 2.30. The van der Waals surface area contributed by atoms with Gasteiger partial charge >= 0.3 is 0 Å². The SMILES string of the molecule is COc1ccc(CN(Cc2cccnc2)C(=O)Cc2ccsc2)cc1OC[C@H]1CCOC1. The van der Waals surface area contributed by atoms with Gasteiger partial charge in [0.1, 0.15) is 0 Å². The largest absolute Gasteiger partial charge is 0.493 e. The fourth-order valence-corrected chi connectivity index (χ4v) is 4.37. The van der Waals surface area contributed by atoms with Crippen molar-refractivity contribution < 1.29 is 19.0 Å². The van der Waals surface area contributed by atoms with Gasteiger partial charge in [-0.2, -0.15) is 11.3 Å². The molecule has 0 aliphatic carbocycles. The van der Waals surface area contributed by atoms with Crippen LogP contribution < -0.4 is 9.47 Å². The highest BCUT2D eigenvalue weighted by Gasteiger charge is 2.19. The highest BCUT2D eigenvalue weighted by molar-refractivity contribution is 7.08. The molecule has 1 aliphatic heterocycles. The van der Waals surface area contributed by atoms with E-state index in [1.165, 1.54) is 0 Å². The van der Waals surface area contributed by atoms with E-state index >= 15 is 0 Å². The lowest BCUT2D eigenvalue weighted by Gasteiger charge is -2.24. The van der Waals surface area contributed by atoms with Crippen LogP contribution in [-0.2, 0) is 29.0 Å². The van der Waals surface area contributed by atoms with E-state index in [2.05, 4.69) is 4.98 Å². The van der Waals surface area contributed by atoms with E-state index in [4.69, 9.17) is 14.2 Å². The third kappa shape index (κ3) is 6.08. The van der Waals surface area contributed by atoms with Gasteiger partial charge in [0.2, 0.25) is 5.91 Å². The monoisotopic (exact) mass is 452 g/mol. The van der Waals surface area contributed by atoms with E-state index in [1.54, 1.807) is 30.8 Å². The van der Waals surface area contributed by atoms with Crippen molar-refractivity contribution >= 4 is 17.2 Å². The fraction of sp³-hybridized carbons (Fsp3) is 0.360. The summed E-state index contributed by atoms with van der Waals surface area (Å²) in [6, 6.07) is 11.7. The van der Waals surface area contributed by atoms with Gasteiger partial charge < -0.3 is 19.1 Å². The number of hydrogen-bond donors (Lipinski definition) is 0. The molecule has 0 N–H and O–H groups in total. The Hall–Kier alpha value is -2.90. The Balaban J connectivity index is 1.50. The number of rotatable bonds is 10. The van der Waals surface area contributed by atoms with Gasteiger partial charge in [-0.1, -0.05) is 12.1 Å². The molecule has 4 rings (SSSR count). The van der Waals surface area contributed by atoms with Crippen LogP contribution >= 0.6 is 11.3 Å². The van der Waals surface area contributed by atoms with E-state index in [9.17, 15) is 4.79 Å². The lowest BCUT2D eigenvalue weighted by molar-refractivity contribution is -0.131. The summed E-state index contributed by atoms with van der Waals surface area (Å²) in [4.78, 5) is 19.2. The van der Waals surface area contributed by atoms with E-state index in [1.807, 2.05) is 52.1 Å². The number of carbonyl (C=O) groups excluding carboxylic acids is 1. The number of aromatic nitrogens is 1. The third-order valence-electron chi connectivity index (χ3n) is 5.48. The van der Waals surface area contributed by atoms with E-state index < -0.39 is 0 Å². The molecule has 3 aromatic rings. The summed E-state index contributed by atoms with van der Waals surface area (Å²) in [6.07, 6.45) is 4.93. The summed E-state index contributed by atoms with van der Waals surface area (Å²) in [7, 11) is 1.64. The molecule has 1 amide bonds. The number of benzene rings is 1. The van der Waals surface area contributed by atoms with Gasteiger partial charge in [-0.25, -0.2) is 0 Å². The maximum Gasteiger partial charge on any atom is 0.227 e. The standard InChI is InChI=1S/C25H28N2O4S/c1-29-23-5-4-19(11-24(23)31-17-22-6-9-30-16-22)14-27(15-21-3-2-8-26-13-21)25(28)12-20-7-10-32-18-20/h2-5,7-8,10-11,13,18,22H,6,9,12,14-17H2,1H3/t22-/m0/s1. The van der Waals surface area contributed by atoms with Crippen LogP contribution in [0.4, 0.5) is 0 Å². The minimum atomic E-state index is 0.0774. The van der Waals surface area contributed by atoms with Crippen molar-refractivity contribution in [2.24, 2.45) is 5.92 Å². The number of hydrogen-bond acceptors (Lipinski definition) is 6. The average molecular weight is 453 g/mol. The maximum atomic E-state index is 13.2. The quantitative estimate of drug-likeness (QED) is 0.458. The van der Waals surface area contributed by atoms with Crippen LogP contribution in [0.25, 0.3) is 0 Å². The summed E-state index contributed by atoms with van der Waals surface area (Å²) in [5.74, 6) is 1.87. The lowest BCUT2D eigenvalue weighted by Crippen LogP contribution is -2.31. The molecule has 0 saturated carbocycles. The Bertz CT molecular complexity index is 988. The number of methoxy groups -OCH3 is 1. The molecule has 32 heavy (non-hydrogen) atoms. The van der Waals surface area contributed by atoms with E-state index in [-0.39, 0.29) is 5.91 Å². The van der Waals surface area contributed by atoms with Crippen molar-refractivity contribution in [2.75, 3.05) is 26.9 Å². The first-order valence-electron chi connectivity index (χ1n) is 10.8. The van der Waals surface area contributed by atoms with Crippen LogP contribution in [0.1, 0.15) is 23.1 Å². The average Bonchev–Trinajstić information content (AvgIpc) is 3.52. The first-order valence-corrected chi connectivity index (χ1v) is 11.7. The zero-order chi connectivity index (χ0) is 22.2. The number of thiophene rings is 1. The number of amides is 1. The summed E-state index contributed by atoms with van der Waals surface area (Å²) in [5.41, 5.74) is 3.03. The Morgan fingerprint density at radius 3 is 2.81 bits per heavy atom. The second-order valence-electron chi connectivity index (χ2n) is 7.95. The third-order valence-corrected chi connectivity index (χ3v) is 6.22. The Kier molecular flexibility index (Phi) is 7.74. The van der Waals surface area contributed by atoms with Crippen LogP contribution in [0.2, 0.25) is 0 Å². The molecular weight excluding hydrogens is 424 g/mol. The van der Waals surface area contributed by atoms with Gasteiger partial charge in [-0.05, 0) is 58.1 Å². The Labute approximate surface area is 192 Å². The van der Waals surface area contributed by atoms with Gasteiger partial charge in [-0.3, -0.25) is 9.78 Å². The molecule has 1 saturated heterocycles. The second kappa shape index (κ2) is 11.1. The molecular formula is C25H28N2O4S. The molecule has 2 aromatic heterocycles. The van der Waals surface area contributed by atoms with E-state index in [0.717, 1.165) is 36.3 Å². The second-order valence-corrected chi connectivity index (χ2v) is 8.73. The van der Waals surface area contributed by atoms with Crippen molar-refractivity contribution in [3.05, 3.63) is 76.2 Å². The molecule has 0 radical (unpaired) electrons. The Morgan fingerprint density at radius 2 is 2.09 bits per heavy atom. The Morgan fingerprint density at radius 1 is 1.19 bits per heavy atom. The van der Waals surface area contributed by atoms with Crippen LogP contribution in [0, 0.1) is 5.92 Å². The van der Waals surface area contributed by atoms with Gasteiger partial charge in [0.05, 0.1) is 26.7 Å². The van der Waals surface area contributed by atoms with Crippen molar-refractivity contribution in [1.82, 2.24) is 9.88 Å². The fourth-order valence-electron chi connectivity index (χ4n) is 3.70. The predicted octanol–water partition coefficient (Wildman–Crippen LogP) is 4.34. The minimum absolute atomic E-state index is 0.0774. The molecule has 0 bridgehead atoms. The van der Waals surface area contributed by atoms with Crippen molar-refractivity contribution in [2.45, 2.75) is 25.9 Å². The first kappa shape index (κ1) is 22.3. The molecule has 168 valence electrons. The topological polar surface area (TPSA) is 60.9 Å². The van der Waals surface area contributed by atoms with Gasteiger partial charge in [-0.15, -0.1) is 0 Å². The molecule has 1 atom stereocenters. The van der Waals surface area contributed by atoms with Crippen LogP contribution in [-0.4, -0.2) is 42.7 Å². The number of carbonyl (C=O) groups is 1. The molecule has 3 heterocycles. The summed E-state index contributed by atoms with van der Waals surface area (Å²) < 4.78 is 17.0. The molecule has 1 aliphatic rings. The van der Waals surface area contributed by atoms with Gasteiger partial charge in [0, 0.05) is 38.0 Å². The van der Waals surface area contributed by atoms with Gasteiger partial charge in [0.15, 0.2) is 11.5 Å². The van der Waals surface area contributed by atoms with Gasteiger partial charge in [0.25, 0.3) is 0 Å². The van der Waals surface area contributed by atoms with Crippen molar-refractivity contribution in [1.29, 1.82) is 0 Å². The molecule has 7 heteroatoms. The number of pyridine rings is 1. The molecule has 1 aromatic carbocycles. The highest BCUT2D eigenvalue weighted by atomic mass is 32.1. The number of ether oxygens (including phenoxy) is 3. The molecule has 0 spiro atoms. The molecule has 6 nitrogen and oxygen atoms in total. The normalized spacial score (nSPS) is 15.5. The molecule has 0 unspecified atom stereocenters. The number of nitrogens with zero attached hydrogens (tertiary/aromatic N) is 2. The van der Waals surface area contributed by atoms with Crippen LogP contribution in [0.15, 0.2) is 59.6 Å². The smallest absolute Gasteiger partial charge is 0.227 e. The van der Waals surface area contributed by atoms with Crippen molar-refractivity contribution in [3.8, 4) is 11.5 Å². The summed E-state index contributed by atoms with van der Waals surface area (Å²) in [6.45, 7) is 3.10. The summed E-state index contributed by atoms with van der Waals surface area (Å²) >= 11 is 1.60. The predicted molar refractivity (Wildman–Crippen MR) is 124 cm³/mol. The van der Waals surface area contributed by atoms with E-state index in [0.29, 0.717) is 43.5 Å². The lowest BCUT2D eigenvalue weighted by atomic mass is 10.1. The zero-order valence-corrected chi connectivity index (χ0v) is 19.1. The van der Waals surface area contributed by atoms with Crippen LogP contribution in [0.5, 0.6) is 11.5 Å². The molecule has 1 fully saturated rings. The zero-order valence-electron chi connectivity index (χ0n) is 18.2. The van der Waals surface area contributed by atoms with Crippen molar-refractivity contribution in [3.63, 3.8) is 0 Å². The van der Waals surface area contributed by atoms with Crippen LogP contribution in [0.3, 0.4) is 0 Å². The maximum absolute atomic E-state index is 13.2.